The number of hydrogen-bond donors (Lipinski definition) is 1. The summed E-state index contributed by atoms with van der Waals surface area (Å²) in [5.41, 5.74) is 0.556. The summed E-state index contributed by atoms with van der Waals surface area (Å²) in [5.74, 6) is -0.481. The van der Waals surface area contributed by atoms with E-state index in [1.54, 1.807) is 38.4 Å². The van der Waals surface area contributed by atoms with Gasteiger partial charge in [0.1, 0.15) is 6.04 Å². The fourth-order valence-corrected chi connectivity index (χ4v) is 2.52. The lowest BCUT2D eigenvalue weighted by atomic mass is 10.1. The zero-order valence-corrected chi connectivity index (χ0v) is 11.8. The maximum Gasteiger partial charge on any atom is 0.256 e. The minimum Gasteiger partial charge on any atom is -0.378 e. The van der Waals surface area contributed by atoms with Crippen molar-refractivity contribution in [2.75, 3.05) is 20.6 Å². The van der Waals surface area contributed by atoms with Crippen molar-refractivity contribution in [2.45, 2.75) is 25.0 Å². The van der Waals surface area contributed by atoms with Crippen molar-refractivity contribution in [1.29, 1.82) is 0 Å². The summed E-state index contributed by atoms with van der Waals surface area (Å²) in [6.07, 6.45) is 0.244. The molecule has 1 aliphatic heterocycles. The third kappa shape index (κ3) is 2.82. The van der Waals surface area contributed by atoms with Crippen LogP contribution in [-0.4, -0.2) is 53.4 Å². The first-order valence-corrected chi connectivity index (χ1v) is 6.77. The molecule has 0 aromatic heterocycles. The number of aliphatic hydroxyl groups excluding tert-OH is 1. The minimum atomic E-state index is -1.20. The second-order valence-corrected chi connectivity index (χ2v) is 5.24. The van der Waals surface area contributed by atoms with Gasteiger partial charge in [0.15, 0.2) is 6.10 Å². The molecule has 2 amide bonds. The highest BCUT2D eigenvalue weighted by molar-refractivity contribution is 5.90. The van der Waals surface area contributed by atoms with Crippen molar-refractivity contribution < 1.29 is 14.7 Å². The molecule has 2 atom stereocenters. The zero-order chi connectivity index (χ0) is 14.7. The van der Waals surface area contributed by atoms with Crippen LogP contribution in [0.2, 0.25) is 0 Å². The van der Waals surface area contributed by atoms with E-state index in [0.717, 1.165) is 6.42 Å². The van der Waals surface area contributed by atoms with Gasteiger partial charge in [0.2, 0.25) is 5.91 Å². The van der Waals surface area contributed by atoms with Gasteiger partial charge < -0.3 is 14.9 Å². The van der Waals surface area contributed by atoms with Gasteiger partial charge >= 0.3 is 0 Å². The number of benzene rings is 1. The summed E-state index contributed by atoms with van der Waals surface area (Å²) in [4.78, 5) is 27.4. The number of likely N-dealkylation sites (N-methyl/N-ethyl adjacent to an activating group) is 1. The van der Waals surface area contributed by atoms with E-state index in [9.17, 15) is 14.7 Å². The molecule has 0 radical (unpaired) electrons. The molecule has 1 aliphatic rings. The fourth-order valence-electron chi connectivity index (χ4n) is 2.52. The second kappa shape index (κ2) is 6.05. The molecule has 5 nitrogen and oxygen atoms in total. The molecule has 0 bridgehead atoms. The van der Waals surface area contributed by atoms with Gasteiger partial charge in [-0.25, -0.2) is 0 Å². The van der Waals surface area contributed by atoms with Gasteiger partial charge in [0, 0.05) is 20.6 Å². The number of aliphatic hydroxyl groups is 1. The van der Waals surface area contributed by atoms with Crippen molar-refractivity contribution in [3.05, 3.63) is 35.9 Å². The summed E-state index contributed by atoms with van der Waals surface area (Å²) < 4.78 is 0. The SMILES string of the molecule is CN(C)C(=O)C1CCCN1C(=O)C(O)c1ccccc1. The highest BCUT2D eigenvalue weighted by atomic mass is 16.3. The molecule has 1 saturated heterocycles. The van der Waals surface area contributed by atoms with Crippen LogP contribution < -0.4 is 0 Å². The summed E-state index contributed by atoms with van der Waals surface area (Å²) in [6.45, 7) is 0.521. The number of amides is 2. The lowest BCUT2D eigenvalue weighted by Crippen LogP contribution is -2.47. The molecule has 1 aromatic rings. The second-order valence-electron chi connectivity index (χ2n) is 5.24. The maximum atomic E-state index is 12.4. The molecule has 0 aliphatic carbocycles. The van der Waals surface area contributed by atoms with Crippen LogP contribution in [0.25, 0.3) is 0 Å². The Morgan fingerprint density at radius 1 is 1.30 bits per heavy atom. The Kier molecular flexibility index (Phi) is 4.39. The number of carbonyl (C=O) groups is 2. The van der Waals surface area contributed by atoms with Crippen LogP contribution in [0.5, 0.6) is 0 Å². The highest BCUT2D eigenvalue weighted by Crippen LogP contribution is 2.24. The molecule has 1 heterocycles. The maximum absolute atomic E-state index is 12.4. The molecular formula is C15H20N2O3. The summed E-state index contributed by atoms with van der Waals surface area (Å²) in [7, 11) is 3.36. The molecule has 1 aromatic carbocycles. The third-order valence-electron chi connectivity index (χ3n) is 3.61. The van der Waals surface area contributed by atoms with Crippen molar-refractivity contribution in [2.24, 2.45) is 0 Å². The Labute approximate surface area is 118 Å². The Bertz CT molecular complexity index is 487. The van der Waals surface area contributed by atoms with Crippen LogP contribution in [0.3, 0.4) is 0 Å². The molecule has 2 unspecified atom stereocenters. The highest BCUT2D eigenvalue weighted by Gasteiger charge is 2.37. The molecule has 2 rings (SSSR count). The smallest absolute Gasteiger partial charge is 0.256 e. The van der Waals surface area contributed by atoms with E-state index < -0.39 is 18.1 Å². The van der Waals surface area contributed by atoms with Crippen molar-refractivity contribution in [3.63, 3.8) is 0 Å². The lowest BCUT2D eigenvalue weighted by Gasteiger charge is -2.28. The Morgan fingerprint density at radius 3 is 2.55 bits per heavy atom. The largest absolute Gasteiger partial charge is 0.378 e. The van der Waals surface area contributed by atoms with Crippen molar-refractivity contribution in [3.8, 4) is 0 Å². The quantitative estimate of drug-likeness (QED) is 0.888. The molecule has 108 valence electrons. The first-order valence-electron chi connectivity index (χ1n) is 6.77. The van der Waals surface area contributed by atoms with Gasteiger partial charge in [-0.1, -0.05) is 30.3 Å². The summed E-state index contributed by atoms with van der Waals surface area (Å²) >= 11 is 0. The van der Waals surface area contributed by atoms with E-state index in [1.165, 1.54) is 9.80 Å². The van der Waals surface area contributed by atoms with Crippen LogP contribution in [0.4, 0.5) is 0 Å². The van der Waals surface area contributed by atoms with Gasteiger partial charge in [-0.3, -0.25) is 9.59 Å². The van der Waals surface area contributed by atoms with Gasteiger partial charge in [-0.15, -0.1) is 0 Å². The van der Waals surface area contributed by atoms with E-state index >= 15 is 0 Å². The molecule has 0 saturated carbocycles. The molecule has 0 spiro atoms. The van der Waals surface area contributed by atoms with Crippen molar-refractivity contribution in [1.82, 2.24) is 9.80 Å². The van der Waals surface area contributed by atoms with Crippen LogP contribution in [0, 0.1) is 0 Å². The van der Waals surface area contributed by atoms with Crippen LogP contribution in [0.15, 0.2) is 30.3 Å². The molecule has 1 N–H and O–H groups in total. The Balaban J connectivity index is 2.14. The normalized spacial score (nSPS) is 19.8. The Hall–Kier alpha value is -1.88. The first-order chi connectivity index (χ1) is 9.52. The fraction of sp³-hybridized carbons (Fsp3) is 0.467. The number of hydrogen-bond acceptors (Lipinski definition) is 3. The van der Waals surface area contributed by atoms with E-state index in [-0.39, 0.29) is 5.91 Å². The predicted molar refractivity (Wildman–Crippen MR) is 74.8 cm³/mol. The van der Waals surface area contributed by atoms with Crippen molar-refractivity contribution >= 4 is 11.8 Å². The van der Waals surface area contributed by atoms with Crippen LogP contribution in [-0.2, 0) is 9.59 Å². The molecular weight excluding hydrogens is 256 g/mol. The number of nitrogens with zero attached hydrogens (tertiary/aromatic N) is 2. The number of carbonyl (C=O) groups excluding carboxylic acids is 2. The standard InChI is InChI=1S/C15H20N2O3/c1-16(2)14(19)12-9-6-10-17(12)15(20)13(18)11-7-4-3-5-8-11/h3-5,7-8,12-13,18H,6,9-10H2,1-2H3. The molecule has 1 fully saturated rings. The van der Waals surface area contributed by atoms with Crippen LogP contribution in [0.1, 0.15) is 24.5 Å². The van der Waals surface area contributed by atoms with Crippen LogP contribution >= 0.6 is 0 Å². The van der Waals surface area contributed by atoms with E-state index in [2.05, 4.69) is 0 Å². The van der Waals surface area contributed by atoms with Gasteiger partial charge in [0.05, 0.1) is 0 Å². The minimum absolute atomic E-state index is 0.0869. The van der Waals surface area contributed by atoms with E-state index in [4.69, 9.17) is 0 Å². The van der Waals surface area contributed by atoms with E-state index in [0.29, 0.717) is 18.5 Å². The summed E-state index contributed by atoms with van der Waals surface area (Å²) in [6, 6.07) is 8.35. The average Bonchev–Trinajstić information content (AvgIpc) is 2.94. The van der Waals surface area contributed by atoms with Gasteiger partial charge in [-0.2, -0.15) is 0 Å². The predicted octanol–water partition coefficient (Wildman–Crippen LogP) is 0.799. The first kappa shape index (κ1) is 14.5. The summed E-state index contributed by atoms with van der Waals surface area (Å²) in [5, 5.41) is 10.2. The van der Waals surface area contributed by atoms with Gasteiger partial charge in [0.25, 0.3) is 5.91 Å². The number of likely N-dealkylation sites (tertiary alicyclic amines) is 1. The third-order valence-corrected chi connectivity index (χ3v) is 3.61. The monoisotopic (exact) mass is 276 g/mol. The average molecular weight is 276 g/mol. The molecule has 20 heavy (non-hydrogen) atoms. The van der Waals surface area contributed by atoms with Gasteiger partial charge in [-0.05, 0) is 18.4 Å². The Morgan fingerprint density at radius 2 is 1.95 bits per heavy atom. The zero-order valence-electron chi connectivity index (χ0n) is 11.8. The lowest BCUT2D eigenvalue weighted by molar-refractivity contribution is -0.148. The van der Waals surface area contributed by atoms with E-state index in [1.807, 2.05) is 6.07 Å². The molecule has 5 heteroatoms. The topological polar surface area (TPSA) is 60.9 Å². The number of rotatable bonds is 3.